The van der Waals surface area contributed by atoms with Gasteiger partial charge < -0.3 is 24.2 Å². The molecule has 5 rings (SSSR count). The number of anilines is 1. The van der Waals surface area contributed by atoms with Gasteiger partial charge in [0, 0.05) is 52.4 Å². The second-order valence-electron chi connectivity index (χ2n) is 11.7. The number of ether oxygens (including phenoxy) is 2. The van der Waals surface area contributed by atoms with Gasteiger partial charge in [-0.1, -0.05) is 42.5 Å². The van der Waals surface area contributed by atoms with Gasteiger partial charge in [-0.05, 0) is 65.2 Å². The van der Waals surface area contributed by atoms with Gasteiger partial charge in [-0.3, -0.25) is 9.59 Å². The lowest BCUT2D eigenvalue weighted by Crippen LogP contribution is -2.32. The summed E-state index contributed by atoms with van der Waals surface area (Å²) in [5.74, 6) is 0.339. The fraction of sp³-hybridized carbons (Fsp3) is 0.278. The third-order valence-electron chi connectivity index (χ3n) is 7.95. The van der Waals surface area contributed by atoms with E-state index in [9.17, 15) is 18.0 Å². The van der Waals surface area contributed by atoms with Crippen molar-refractivity contribution in [2.45, 2.75) is 23.2 Å². The van der Waals surface area contributed by atoms with Crippen LogP contribution in [0, 0.1) is 0 Å². The summed E-state index contributed by atoms with van der Waals surface area (Å²) in [5, 5.41) is 0. The molecule has 1 atom stereocenters. The minimum absolute atomic E-state index is 0.0394. The molecule has 1 aliphatic heterocycles. The van der Waals surface area contributed by atoms with Crippen molar-refractivity contribution in [3.63, 3.8) is 0 Å². The summed E-state index contributed by atoms with van der Waals surface area (Å²) < 4.78 is 39.3. The predicted octanol–water partition coefficient (Wildman–Crippen LogP) is 5.40. The molecule has 0 spiro atoms. The summed E-state index contributed by atoms with van der Waals surface area (Å²) in [6.07, 6.45) is 0.457. The summed E-state index contributed by atoms with van der Waals surface area (Å²) in [7, 11) is 4.79. The van der Waals surface area contributed by atoms with Crippen LogP contribution in [-0.4, -0.2) is 84.5 Å². The van der Waals surface area contributed by atoms with Crippen molar-refractivity contribution in [3.8, 4) is 22.6 Å². The van der Waals surface area contributed by atoms with E-state index >= 15 is 0 Å². The number of carbonyl (C=O) groups is 2. The highest BCUT2D eigenvalue weighted by Gasteiger charge is 2.30. The maximum Gasteiger partial charge on any atom is 0.256 e. The van der Waals surface area contributed by atoms with Crippen molar-refractivity contribution in [1.82, 2.24) is 9.80 Å². The SMILES string of the molecule is COc1ccc(-c2cccc(C(=O)N(C)C)c2)cc1S(=O)(=O)Cc1cccc(O[C@H]2CCN(C(=O)c3ccccc3N(C)C)C2)c1. The molecule has 1 heterocycles. The van der Waals surface area contributed by atoms with Crippen LogP contribution in [0.3, 0.4) is 0 Å². The molecule has 0 N–H and O–H groups in total. The molecule has 1 fully saturated rings. The van der Waals surface area contributed by atoms with E-state index < -0.39 is 9.84 Å². The zero-order chi connectivity index (χ0) is 33.0. The third kappa shape index (κ3) is 7.18. The Morgan fingerprint density at radius 3 is 2.35 bits per heavy atom. The highest BCUT2D eigenvalue weighted by molar-refractivity contribution is 7.90. The molecule has 10 heteroatoms. The smallest absolute Gasteiger partial charge is 0.256 e. The fourth-order valence-corrected chi connectivity index (χ4v) is 7.15. The maximum atomic E-state index is 13.8. The van der Waals surface area contributed by atoms with E-state index in [2.05, 4.69) is 0 Å². The second kappa shape index (κ2) is 13.7. The number of sulfone groups is 1. The number of carbonyl (C=O) groups excluding carboxylic acids is 2. The first-order chi connectivity index (χ1) is 22.0. The molecule has 1 aliphatic rings. The largest absolute Gasteiger partial charge is 0.495 e. The lowest BCUT2D eigenvalue weighted by atomic mass is 10.0. The normalized spacial score (nSPS) is 14.5. The average molecular weight is 642 g/mol. The number of amides is 2. The zero-order valence-electron chi connectivity index (χ0n) is 26.8. The van der Waals surface area contributed by atoms with Crippen LogP contribution in [0.1, 0.15) is 32.7 Å². The van der Waals surface area contributed by atoms with Crippen LogP contribution < -0.4 is 14.4 Å². The summed E-state index contributed by atoms with van der Waals surface area (Å²) in [6, 6.07) is 26.7. The van der Waals surface area contributed by atoms with Crippen molar-refractivity contribution in [2.24, 2.45) is 0 Å². The molecule has 9 nitrogen and oxygen atoms in total. The van der Waals surface area contributed by atoms with E-state index in [-0.39, 0.29) is 34.3 Å². The molecule has 4 aromatic carbocycles. The third-order valence-corrected chi connectivity index (χ3v) is 9.66. The molecule has 0 aromatic heterocycles. The van der Waals surface area contributed by atoms with Crippen LogP contribution in [0.25, 0.3) is 11.1 Å². The topological polar surface area (TPSA) is 96.5 Å². The van der Waals surface area contributed by atoms with Crippen molar-refractivity contribution in [3.05, 3.63) is 108 Å². The number of benzene rings is 4. The second-order valence-corrected chi connectivity index (χ2v) is 13.7. The summed E-state index contributed by atoms with van der Waals surface area (Å²) in [6.45, 7) is 1.01. The summed E-state index contributed by atoms with van der Waals surface area (Å²) >= 11 is 0. The van der Waals surface area contributed by atoms with Gasteiger partial charge in [-0.2, -0.15) is 0 Å². The van der Waals surface area contributed by atoms with Gasteiger partial charge in [0.15, 0.2) is 9.84 Å². The maximum absolute atomic E-state index is 13.8. The Morgan fingerprint density at radius 2 is 1.61 bits per heavy atom. The molecule has 1 saturated heterocycles. The van der Waals surface area contributed by atoms with Gasteiger partial charge in [-0.15, -0.1) is 0 Å². The Labute approximate surface area is 270 Å². The summed E-state index contributed by atoms with van der Waals surface area (Å²) in [4.78, 5) is 31.1. The van der Waals surface area contributed by atoms with E-state index in [1.807, 2.05) is 49.3 Å². The van der Waals surface area contributed by atoms with E-state index in [1.165, 1.54) is 12.0 Å². The van der Waals surface area contributed by atoms with Crippen LogP contribution in [-0.2, 0) is 15.6 Å². The van der Waals surface area contributed by atoms with Crippen molar-refractivity contribution >= 4 is 27.3 Å². The minimum atomic E-state index is -3.84. The molecular weight excluding hydrogens is 602 g/mol. The first kappa shape index (κ1) is 32.6. The van der Waals surface area contributed by atoms with E-state index in [0.717, 1.165) is 11.3 Å². The number of likely N-dealkylation sites (tertiary alicyclic amines) is 1. The minimum Gasteiger partial charge on any atom is -0.495 e. The molecule has 2 amide bonds. The quantitative estimate of drug-likeness (QED) is 0.229. The number of rotatable bonds is 10. The van der Waals surface area contributed by atoms with Crippen LogP contribution in [0.4, 0.5) is 5.69 Å². The molecule has 0 unspecified atom stereocenters. The monoisotopic (exact) mass is 641 g/mol. The fourth-order valence-electron chi connectivity index (χ4n) is 5.61. The van der Waals surface area contributed by atoms with Gasteiger partial charge in [0.2, 0.25) is 0 Å². The number of para-hydroxylation sites is 1. The molecule has 4 aromatic rings. The van der Waals surface area contributed by atoms with Crippen molar-refractivity contribution < 1.29 is 27.5 Å². The van der Waals surface area contributed by atoms with Gasteiger partial charge in [0.25, 0.3) is 11.8 Å². The van der Waals surface area contributed by atoms with E-state index in [0.29, 0.717) is 47.5 Å². The molecule has 240 valence electrons. The number of methoxy groups -OCH3 is 1. The van der Waals surface area contributed by atoms with E-state index in [4.69, 9.17) is 9.47 Å². The number of nitrogens with zero attached hydrogens (tertiary/aromatic N) is 3. The van der Waals surface area contributed by atoms with Crippen molar-refractivity contribution in [2.75, 3.05) is 53.3 Å². The molecule has 46 heavy (non-hydrogen) atoms. The van der Waals surface area contributed by atoms with Gasteiger partial charge in [0.05, 0.1) is 25.0 Å². The molecule has 0 saturated carbocycles. The Bertz CT molecular complexity index is 1850. The molecule has 0 bridgehead atoms. The highest BCUT2D eigenvalue weighted by atomic mass is 32.2. The summed E-state index contributed by atoms with van der Waals surface area (Å²) in [5.41, 5.74) is 3.95. The molecule has 0 aliphatic carbocycles. The zero-order valence-corrected chi connectivity index (χ0v) is 27.6. The lowest BCUT2D eigenvalue weighted by molar-refractivity contribution is 0.0772. The average Bonchev–Trinajstić information content (AvgIpc) is 3.52. The number of hydrogen-bond donors (Lipinski definition) is 0. The molecule has 0 radical (unpaired) electrons. The molecular formula is C36H39N3O6S. The van der Waals surface area contributed by atoms with Crippen molar-refractivity contribution in [1.29, 1.82) is 0 Å². The number of hydrogen-bond acceptors (Lipinski definition) is 7. The van der Waals surface area contributed by atoms with Crippen LogP contribution in [0.15, 0.2) is 95.9 Å². The predicted molar refractivity (Wildman–Crippen MR) is 179 cm³/mol. The van der Waals surface area contributed by atoms with E-state index in [1.54, 1.807) is 79.7 Å². The van der Waals surface area contributed by atoms with Crippen LogP contribution in [0.2, 0.25) is 0 Å². The van der Waals surface area contributed by atoms with Crippen LogP contribution in [0.5, 0.6) is 11.5 Å². The van der Waals surface area contributed by atoms with Gasteiger partial charge in [-0.25, -0.2) is 8.42 Å². The van der Waals surface area contributed by atoms with Gasteiger partial charge in [0.1, 0.15) is 22.5 Å². The first-order valence-electron chi connectivity index (χ1n) is 15.0. The Kier molecular flexibility index (Phi) is 9.67. The first-order valence-corrected chi connectivity index (χ1v) is 16.7. The highest BCUT2D eigenvalue weighted by Crippen LogP contribution is 2.33. The Morgan fingerprint density at radius 1 is 0.870 bits per heavy atom. The van der Waals surface area contributed by atoms with Gasteiger partial charge >= 0.3 is 0 Å². The Balaban J connectivity index is 1.31. The Hall–Kier alpha value is -4.83. The standard InChI is InChI=1S/C36H39N3O6S/c1-37(2)32-15-7-6-14-31(32)36(41)39-19-18-30(23-39)45-29-13-8-10-25(20-29)24-46(42,43)34-22-27(16-17-33(34)44-5)26-11-9-12-28(21-26)35(40)38(3)4/h6-17,20-22,30H,18-19,23-24H2,1-5H3/t30-/m0/s1. The lowest BCUT2D eigenvalue weighted by Gasteiger charge is -2.21. The van der Waals surface area contributed by atoms with Crippen LogP contribution >= 0.6 is 0 Å².